The molecule has 0 aromatic heterocycles. The summed E-state index contributed by atoms with van der Waals surface area (Å²) in [5.74, 6) is -3.29. The van der Waals surface area contributed by atoms with Crippen LogP contribution in [0.25, 0.3) is 0 Å². The number of amides is 1. The molecular weight excluding hydrogens is 323 g/mol. The molecule has 0 aliphatic carbocycles. The number of hydrogen-bond donors (Lipinski definition) is 2. The van der Waals surface area contributed by atoms with E-state index >= 15 is 0 Å². The average Bonchev–Trinajstić information content (AvgIpc) is 2.52. The first-order chi connectivity index (χ1) is 11.3. The molecule has 0 fully saturated rings. The number of aliphatic imine (C=N–C) groups is 1. The molecule has 0 aromatic carbocycles. The standard InChI is InChI=1S/C17H28F3NO3/c1-2-3-4-5-6-7-8-9-10-11-15(23)14(13-22)12-21-16(24)17(18,19)20/h10-12,14-15,22-23H,2-9,13H2,1H3/b11-10+,21-12?. The Bertz CT molecular complexity index is 395. The molecule has 24 heavy (non-hydrogen) atoms. The fraction of sp³-hybridized carbons (Fsp3) is 0.765. The van der Waals surface area contributed by atoms with Crippen molar-refractivity contribution in [2.45, 2.75) is 70.6 Å². The fourth-order valence-electron chi connectivity index (χ4n) is 2.08. The minimum atomic E-state index is -5.05. The van der Waals surface area contributed by atoms with Crippen molar-refractivity contribution in [1.29, 1.82) is 0 Å². The van der Waals surface area contributed by atoms with Crippen LogP contribution < -0.4 is 0 Å². The van der Waals surface area contributed by atoms with E-state index in [1.807, 2.05) is 0 Å². The highest BCUT2D eigenvalue weighted by molar-refractivity contribution is 5.89. The maximum absolute atomic E-state index is 12.0. The lowest BCUT2D eigenvalue weighted by atomic mass is 10.0. The van der Waals surface area contributed by atoms with E-state index in [4.69, 9.17) is 5.11 Å². The van der Waals surface area contributed by atoms with Crippen LogP contribution in [0.2, 0.25) is 0 Å². The van der Waals surface area contributed by atoms with Crippen LogP contribution in [0.3, 0.4) is 0 Å². The number of hydrogen-bond acceptors (Lipinski definition) is 3. The molecule has 0 aromatic rings. The van der Waals surface area contributed by atoms with Gasteiger partial charge in [-0.05, 0) is 12.8 Å². The van der Waals surface area contributed by atoms with E-state index in [0.717, 1.165) is 19.3 Å². The third-order valence-electron chi connectivity index (χ3n) is 3.58. The number of alkyl halides is 3. The zero-order valence-corrected chi connectivity index (χ0v) is 14.1. The number of halogens is 3. The van der Waals surface area contributed by atoms with Gasteiger partial charge in [0, 0.05) is 12.1 Å². The summed E-state index contributed by atoms with van der Waals surface area (Å²) >= 11 is 0. The molecule has 0 aliphatic heterocycles. The fourth-order valence-corrected chi connectivity index (χ4v) is 2.08. The number of rotatable bonds is 12. The van der Waals surface area contributed by atoms with E-state index in [9.17, 15) is 23.1 Å². The van der Waals surface area contributed by atoms with Crippen LogP contribution >= 0.6 is 0 Å². The molecule has 0 spiro atoms. The van der Waals surface area contributed by atoms with Crippen molar-refractivity contribution in [2.24, 2.45) is 10.9 Å². The van der Waals surface area contributed by atoms with Crippen molar-refractivity contribution in [3.05, 3.63) is 12.2 Å². The SMILES string of the molecule is CCCCCCCCC/C=C/C(O)C(C=NC(=O)C(F)(F)F)CO. The highest BCUT2D eigenvalue weighted by Gasteiger charge is 2.38. The van der Waals surface area contributed by atoms with Crippen LogP contribution in [-0.2, 0) is 4.79 Å². The smallest absolute Gasteiger partial charge is 0.396 e. The second-order valence-electron chi connectivity index (χ2n) is 5.76. The van der Waals surface area contributed by atoms with E-state index in [-0.39, 0.29) is 0 Å². The maximum Gasteiger partial charge on any atom is 0.473 e. The predicted octanol–water partition coefficient (Wildman–Crippen LogP) is 3.81. The molecule has 2 unspecified atom stereocenters. The normalized spacial score (nSPS) is 15.2. The molecular formula is C17H28F3NO3. The van der Waals surface area contributed by atoms with Crippen LogP contribution in [0.4, 0.5) is 13.2 Å². The lowest BCUT2D eigenvalue weighted by molar-refractivity contribution is -0.169. The van der Waals surface area contributed by atoms with Gasteiger partial charge in [0.1, 0.15) is 0 Å². The van der Waals surface area contributed by atoms with Gasteiger partial charge in [0.15, 0.2) is 0 Å². The summed E-state index contributed by atoms with van der Waals surface area (Å²) < 4.78 is 36.1. The molecule has 0 rings (SSSR count). The van der Waals surface area contributed by atoms with E-state index in [0.29, 0.717) is 6.21 Å². The molecule has 7 heteroatoms. The Hall–Kier alpha value is -1.21. The Morgan fingerprint density at radius 3 is 2.25 bits per heavy atom. The Morgan fingerprint density at radius 2 is 1.71 bits per heavy atom. The Kier molecular flexibility index (Phi) is 12.5. The van der Waals surface area contributed by atoms with Crippen LogP contribution in [0.1, 0.15) is 58.3 Å². The first kappa shape index (κ1) is 22.8. The molecule has 0 radical (unpaired) electrons. The van der Waals surface area contributed by atoms with Crippen molar-refractivity contribution >= 4 is 12.1 Å². The monoisotopic (exact) mass is 351 g/mol. The first-order valence-corrected chi connectivity index (χ1v) is 8.43. The molecule has 1 amide bonds. The number of aliphatic hydroxyl groups excluding tert-OH is 2. The number of allylic oxidation sites excluding steroid dienone is 1. The molecule has 0 saturated carbocycles. The molecule has 0 saturated heterocycles. The van der Waals surface area contributed by atoms with Crippen molar-refractivity contribution in [1.82, 2.24) is 0 Å². The van der Waals surface area contributed by atoms with Crippen LogP contribution in [-0.4, -0.2) is 41.2 Å². The Labute approximate surface area is 141 Å². The van der Waals surface area contributed by atoms with Gasteiger partial charge in [-0.1, -0.05) is 57.6 Å². The topological polar surface area (TPSA) is 69.9 Å². The summed E-state index contributed by atoms with van der Waals surface area (Å²) in [6.45, 7) is 1.57. The molecule has 0 bridgehead atoms. The van der Waals surface area contributed by atoms with Gasteiger partial charge in [0.05, 0.1) is 12.7 Å². The molecule has 2 atom stereocenters. The van der Waals surface area contributed by atoms with Gasteiger partial charge < -0.3 is 10.2 Å². The number of unbranched alkanes of at least 4 members (excludes halogenated alkanes) is 7. The third kappa shape index (κ3) is 11.3. The minimum Gasteiger partial charge on any atom is -0.396 e. The zero-order valence-electron chi connectivity index (χ0n) is 14.1. The lowest BCUT2D eigenvalue weighted by Crippen LogP contribution is -2.26. The van der Waals surface area contributed by atoms with Crippen molar-refractivity contribution in [2.75, 3.05) is 6.61 Å². The van der Waals surface area contributed by atoms with Crippen molar-refractivity contribution < 1.29 is 28.2 Å². The van der Waals surface area contributed by atoms with Gasteiger partial charge in [-0.3, -0.25) is 4.79 Å². The minimum absolute atomic E-state index is 0.600. The van der Waals surface area contributed by atoms with Gasteiger partial charge in [0.2, 0.25) is 0 Å². The van der Waals surface area contributed by atoms with Crippen molar-refractivity contribution in [3.63, 3.8) is 0 Å². The summed E-state index contributed by atoms with van der Waals surface area (Å²) in [5.41, 5.74) is 0. The van der Waals surface area contributed by atoms with Gasteiger partial charge in [-0.25, -0.2) is 4.99 Å². The maximum atomic E-state index is 12.0. The Balaban J connectivity index is 4.06. The van der Waals surface area contributed by atoms with E-state index in [1.165, 1.54) is 38.2 Å². The molecule has 140 valence electrons. The predicted molar refractivity (Wildman–Crippen MR) is 87.9 cm³/mol. The summed E-state index contributed by atoms with van der Waals surface area (Å²) in [6.07, 6.45) is 6.50. The quantitative estimate of drug-likeness (QED) is 0.319. The van der Waals surface area contributed by atoms with E-state index < -0.39 is 30.7 Å². The Morgan fingerprint density at radius 1 is 1.12 bits per heavy atom. The molecule has 4 nitrogen and oxygen atoms in total. The molecule has 0 heterocycles. The highest BCUT2D eigenvalue weighted by atomic mass is 19.4. The molecule has 2 N–H and O–H groups in total. The number of carbonyl (C=O) groups excluding carboxylic acids is 1. The third-order valence-corrected chi connectivity index (χ3v) is 3.58. The summed E-state index contributed by atoms with van der Waals surface area (Å²) in [7, 11) is 0. The van der Waals surface area contributed by atoms with Crippen LogP contribution in [0.15, 0.2) is 17.1 Å². The summed E-state index contributed by atoms with van der Waals surface area (Å²) in [5, 5.41) is 18.9. The first-order valence-electron chi connectivity index (χ1n) is 8.43. The van der Waals surface area contributed by atoms with Crippen LogP contribution in [0.5, 0.6) is 0 Å². The van der Waals surface area contributed by atoms with E-state index in [2.05, 4.69) is 11.9 Å². The average molecular weight is 351 g/mol. The second-order valence-corrected chi connectivity index (χ2v) is 5.76. The lowest BCUT2D eigenvalue weighted by Gasteiger charge is -2.13. The number of aliphatic hydroxyl groups is 2. The number of carbonyl (C=O) groups is 1. The molecule has 0 aliphatic rings. The number of nitrogens with zero attached hydrogens (tertiary/aromatic N) is 1. The van der Waals surface area contributed by atoms with E-state index in [1.54, 1.807) is 6.08 Å². The highest BCUT2D eigenvalue weighted by Crippen LogP contribution is 2.16. The van der Waals surface area contributed by atoms with Gasteiger partial charge in [-0.2, -0.15) is 13.2 Å². The largest absolute Gasteiger partial charge is 0.473 e. The van der Waals surface area contributed by atoms with Gasteiger partial charge in [-0.15, -0.1) is 0 Å². The zero-order chi connectivity index (χ0) is 18.4. The van der Waals surface area contributed by atoms with Gasteiger partial charge in [0.25, 0.3) is 0 Å². The van der Waals surface area contributed by atoms with Crippen LogP contribution in [0, 0.1) is 5.92 Å². The van der Waals surface area contributed by atoms with Gasteiger partial charge >= 0.3 is 12.1 Å². The second kappa shape index (κ2) is 13.1. The summed E-state index contributed by atoms with van der Waals surface area (Å²) in [4.78, 5) is 13.4. The summed E-state index contributed by atoms with van der Waals surface area (Å²) in [6, 6.07) is 0. The van der Waals surface area contributed by atoms with Crippen molar-refractivity contribution in [3.8, 4) is 0 Å².